The third kappa shape index (κ3) is 9.57. The number of hydrogen-bond acceptors (Lipinski definition) is 4. The van der Waals surface area contributed by atoms with Crippen LogP contribution in [0.15, 0.2) is 132 Å². The van der Waals surface area contributed by atoms with Gasteiger partial charge in [0.2, 0.25) is 0 Å². The monoisotopic (exact) mass is 1020 g/mol. The van der Waals surface area contributed by atoms with Gasteiger partial charge in [-0.2, -0.15) is 0 Å². The van der Waals surface area contributed by atoms with Crippen LogP contribution in [0.1, 0.15) is 82.7 Å². The van der Waals surface area contributed by atoms with E-state index in [-0.39, 0.29) is 37.4 Å². The van der Waals surface area contributed by atoms with E-state index in [1.54, 1.807) is 0 Å². The van der Waals surface area contributed by atoms with Crippen molar-refractivity contribution in [3.05, 3.63) is 162 Å². The zero-order valence-corrected chi connectivity index (χ0v) is 41.9. The van der Waals surface area contributed by atoms with Crippen molar-refractivity contribution in [2.24, 2.45) is 5.41 Å². The number of furan rings is 1. The van der Waals surface area contributed by atoms with Gasteiger partial charge in [0, 0.05) is 43.1 Å². The number of nitrogens with zero attached hydrogens (tertiary/aromatic N) is 4. The van der Waals surface area contributed by atoms with E-state index >= 15 is 0 Å². The van der Waals surface area contributed by atoms with Gasteiger partial charge in [0.15, 0.2) is 5.65 Å². The molecule has 4 heterocycles. The molecule has 0 atom stereocenters. The van der Waals surface area contributed by atoms with Crippen molar-refractivity contribution in [2.75, 3.05) is 0 Å². The summed E-state index contributed by atoms with van der Waals surface area (Å²) < 4.78 is 8.78. The average Bonchev–Trinajstić information content (AvgIpc) is 3.81. The van der Waals surface area contributed by atoms with Gasteiger partial charge in [-0.3, -0.25) is 4.98 Å². The molecule has 63 heavy (non-hydrogen) atoms. The summed E-state index contributed by atoms with van der Waals surface area (Å²) >= 11 is 0. The minimum atomic E-state index is -1.37. The van der Waals surface area contributed by atoms with E-state index in [1.807, 2.05) is 49.4 Å². The summed E-state index contributed by atoms with van der Waals surface area (Å²) in [4.78, 5) is 14.8. The Balaban J connectivity index is 0.000000229. The second kappa shape index (κ2) is 18.3. The summed E-state index contributed by atoms with van der Waals surface area (Å²) in [5.41, 5.74) is 15.1. The molecule has 7 heteroatoms. The molecule has 0 fully saturated rings. The van der Waals surface area contributed by atoms with Crippen LogP contribution < -0.4 is 5.19 Å². The van der Waals surface area contributed by atoms with Crippen molar-refractivity contribution in [2.45, 2.75) is 93.3 Å². The summed E-state index contributed by atoms with van der Waals surface area (Å²) in [6.45, 7) is 25.2. The number of hydrogen-bond donors (Lipinski definition) is 0. The quantitative estimate of drug-likeness (QED) is 0.112. The van der Waals surface area contributed by atoms with Crippen LogP contribution in [0.2, 0.25) is 19.6 Å². The number of rotatable bonds is 8. The smallest absolute Gasteiger partial charge is 0.168 e. The molecule has 0 saturated carbocycles. The van der Waals surface area contributed by atoms with E-state index in [2.05, 4.69) is 170 Å². The average molecular weight is 1020 g/mol. The second-order valence-corrected chi connectivity index (χ2v) is 24.5. The van der Waals surface area contributed by atoms with E-state index in [9.17, 15) is 0 Å². The van der Waals surface area contributed by atoms with Crippen LogP contribution >= 0.6 is 0 Å². The summed E-state index contributed by atoms with van der Waals surface area (Å²) in [5.74, 6) is 1.35. The Bertz CT molecular complexity index is 3000. The molecule has 323 valence electrons. The maximum Gasteiger partial charge on any atom is 0.168 e. The fourth-order valence-corrected chi connectivity index (χ4v) is 10.1. The Hall–Kier alpha value is -5.46. The topological polar surface area (TPSA) is 56.7 Å². The molecule has 1 radical (unpaired) electrons. The molecular weight excluding hydrogens is 965 g/mol. The molecule has 0 aliphatic heterocycles. The first-order valence-corrected chi connectivity index (χ1v) is 25.5. The van der Waals surface area contributed by atoms with Crippen LogP contribution in [0, 0.1) is 24.5 Å². The standard InChI is InChI=1S/C37H32N3O.C19H26NSi.Ir/c1-22(2)30-20-26(25-12-7-6-8-13-25)21-31(23(3)4)34(30)40-32-19-18-24(5)38-36(32)39-37(40)29-16-11-15-28-27-14-9-10-17-33(27)41-35(28)29;1-19(2,3)13-16-12-17(15-10-8-7-9-11-15)20-14-18(16)21(4,5)6;/h6-15,17-23H,1-5H3;7-10,12,14H,13H2,1-6H3;/q2*-1;. The molecule has 0 unspecified atom stereocenters. The maximum atomic E-state index is 6.48. The van der Waals surface area contributed by atoms with Crippen LogP contribution in [0.3, 0.4) is 0 Å². The predicted molar refractivity (Wildman–Crippen MR) is 263 cm³/mol. The fourth-order valence-electron chi connectivity index (χ4n) is 8.51. The third-order valence-electron chi connectivity index (χ3n) is 11.5. The van der Waals surface area contributed by atoms with Crippen LogP contribution in [-0.4, -0.2) is 27.6 Å². The van der Waals surface area contributed by atoms with Gasteiger partial charge in [0.05, 0.1) is 25.0 Å². The van der Waals surface area contributed by atoms with E-state index in [0.29, 0.717) is 0 Å². The van der Waals surface area contributed by atoms with Gasteiger partial charge in [0.25, 0.3) is 0 Å². The van der Waals surface area contributed by atoms with Crippen molar-refractivity contribution < 1.29 is 24.5 Å². The predicted octanol–water partition coefficient (Wildman–Crippen LogP) is 14.7. The van der Waals surface area contributed by atoms with Gasteiger partial charge < -0.3 is 14.0 Å². The van der Waals surface area contributed by atoms with E-state index in [4.69, 9.17) is 19.4 Å². The zero-order valence-electron chi connectivity index (χ0n) is 38.5. The number of aryl methyl sites for hydroxylation is 1. The molecular formula is C56H58IrN4OSi-2. The Labute approximate surface area is 388 Å². The third-order valence-corrected chi connectivity index (χ3v) is 13.5. The van der Waals surface area contributed by atoms with Crippen molar-refractivity contribution >= 4 is 46.4 Å². The Morgan fingerprint density at radius 1 is 0.714 bits per heavy atom. The van der Waals surface area contributed by atoms with Gasteiger partial charge in [-0.25, -0.2) is 4.98 Å². The molecule has 0 aliphatic carbocycles. The molecule has 0 bridgehead atoms. The summed E-state index contributed by atoms with van der Waals surface area (Å²) in [6, 6.07) is 48.9. The molecule has 5 nitrogen and oxygen atoms in total. The minimum Gasteiger partial charge on any atom is -0.501 e. The molecule has 0 aliphatic rings. The SMILES string of the molecule is CC(C)(C)Cc1cc(-c2[c-]cccc2)ncc1[Si](C)(C)C.Cc1ccc2c(n1)nc(-c1[c-]ccc3c1oc1ccccc13)n2-c1c(C(C)C)cc(-c2ccccc2)cc1C(C)C.[Ir]. The Kier molecular flexibility index (Phi) is 13.3. The maximum absolute atomic E-state index is 6.48. The number of pyridine rings is 2. The van der Waals surface area contributed by atoms with Gasteiger partial charge in [-0.1, -0.05) is 139 Å². The number of fused-ring (bicyclic) bond motifs is 4. The number of aromatic nitrogens is 4. The van der Waals surface area contributed by atoms with Crippen LogP contribution in [-0.2, 0) is 26.5 Å². The van der Waals surface area contributed by atoms with Crippen molar-refractivity contribution in [3.8, 4) is 39.5 Å². The van der Waals surface area contributed by atoms with E-state index < -0.39 is 8.07 Å². The Morgan fingerprint density at radius 2 is 1.40 bits per heavy atom. The number of imidazole rings is 1. The fraction of sp³-hybridized carbons (Fsp3) is 0.268. The summed E-state index contributed by atoms with van der Waals surface area (Å²) in [6.07, 6.45) is 3.21. The van der Waals surface area contributed by atoms with Crippen molar-refractivity contribution in [1.82, 2.24) is 19.5 Å². The van der Waals surface area contributed by atoms with Crippen LogP contribution in [0.5, 0.6) is 0 Å². The first-order chi connectivity index (χ1) is 29.6. The van der Waals surface area contributed by atoms with Crippen LogP contribution in [0.4, 0.5) is 0 Å². The molecule has 0 saturated heterocycles. The summed E-state index contributed by atoms with van der Waals surface area (Å²) in [7, 11) is -1.37. The first kappa shape index (κ1) is 45.6. The summed E-state index contributed by atoms with van der Waals surface area (Å²) in [5, 5.41) is 3.63. The number of para-hydroxylation sites is 1. The van der Waals surface area contributed by atoms with E-state index in [0.717, 1.165) is 67.9 Å². The molecule has 0 spiro atoms. The van der Waals surface area contributed by atoms with Gasteiger partial charge >= 0.3 is 0 Å². The molecule has 9 rings (SSSR count). The van der Waals surface area contributed by atoms with Crippen molar-refractivity contribution in [3.63, 3.8) is 0 Å². The van der Waals surface area contributed by atoms with E-state index in [1.165, 1.54) is 38.7 Å². The van der Waals surface area contributed by atoms with Crippen LogP contribution in [0.25, 0.3) is 72.6 Å². The molecule has 5 aromatic carbocycles. The molecule has 0 N–H and O–H groups in total. The Morgan fingerprint density at radius 3 is 2.05 bits per heavy atom. The van der Waals surface area contributed by atoms with Gasteiger partial charge in [-0.15, -0.1) is 54.1 Å². The van der Waals surface area contributed by atoms with Crippen molar-refractivity contribution in [1.29, 1.82) is 0 Å². The largest absolute Gasteiger partial charge is 0.501 e. The van der Waals surface area contributed by atoms with Gasteiger partial charge in [-0.05, 0) is 94.1 Å². The second-order valence-electron chi connectivity index (χ2n) is 19.4. The van der Waals surface area contributed by atoms with Gasteiger partial charge in [0.1, 0.15) is 5.58 Å². The minimum absolute atomic E-state index is 0. The molecule has 4 aromatic heterocycles. The first-order valence-electron chi connectivity index (χ1n) is 22.0. The normalized spacial score (nSPS) is 12.0. The molecule has 0 amide bonds. The number of benzene rings is 5. The molecule has 9 aromatic rings. The zero-order chi connectivity index (χ0) is 43.9.